The fraction of sp³-hybridized carbons (Fsp3) is 1.00. The van der Waals surface area contributed by atoms with Gasteiger partial charge in [-0.3, -0.25) is 0 Å². The monoisotopic (exact) mass is 142 g/mol. The molecular weight excluding hydrogens is 131 g/mol. The topological polar surface area (TPSA) is 0 Å². The van der Waals surface area contributed by atoms with Gasteiger partial charge >= 0.3 is 51.4 Å². The average Bonchev–Trinajstić information content (AvgIpc) is 1.86. The molecule has 0 aromatic carbocycles. The van der Waals surface area contributed by atoms with Gasteiger partial charge in [-0.15, -0.1) is 0 Å². The van der Waals surface area contributed by atoms with Crippen molar-refractivity contribution in [1.82, 2.24) is 0 Å². The quantitative estimate of drug-likeness (QED) is 0.325. The van der Waals surface area contributed by atoms with Gasteiger partial charge in [0, 0.05) is 5.25 Å². The van der Waals surface area contributed by atoms with E-state index in [-0.39, 0.29) is 52.8 Å². The van der Waals surface area contributed by atoms with Gasteiger partial charge in [-0.25, -0.2) is 0 Å². The second kappa shape index (κ2) is 4.83. The summed E-state index contributed by atoms with van der Waals surface area (Å²) in [7, 11) is 0. The van der Waals surface area contributed by atoms with Crippen LogP contribution in [0.25, 0.3) is 0 Å². The van der Waals surface area contributed by atoms with E-state index in [9.17, 15) is 0 Å². The van der Waals surface area contributed by atoms with Crippen LogP contribution < -0.4 is 51.4 Å². The summed E-state index contributed by atoms with van der Waals surface area (Å²) in [4.78, 5) is 0. The molecule has 38 valence electrons. The Morgan fingerprint density at radius 1 is 1.29 bits per heavy atom. The molecule has 0 amide bonds. The largest absolute Gasteiger partial charge is 1.00 e. The molecule has 1 aliphatic carbocycles. The first-order valence-corrected chi connectivity index (χ1v) is 3.09. The van der Waals surface area contributed by atoms with Crippen molar-refractivity contribution >= 4 is 12.6 Å². The van der Waals surface area contributed by atoms with Crippen LogP contribution in [0.2, 0.25) is 0 Å². The Balaban J connectivity index is 0. The minimum absolute atomic E-state index is 0. The Hall–Kier alpha value is 1.99. The molecule has 0 aromatic heterocycles. The van der Waals surface area contributed by atoms with Gasteiger partial charge < -0.3 is 1.43 Å². The second-order valence-corrected chi connectivity index (χ2v) is 2.67. The van der Waals surface area contributed by atoms with Gasteiger partial charge in [0.25, 0.3) is 0 Å². The van der Waals surface area contributed by atoms with E-state index < -0.39 is 0 Å². The van der Waals surface area contributed by atoms with Gasteiger partial charge in [0.15, 0.2) is 0 Å². The van der Waals surface area contributed by atoms with Crippen LogP contribution in [0.3, 0.4) is 0 Å². The van der Waals surface area contributed by atoms with Crippen molar-refractivity contribution in [1.29, 1.82) is 0 Å². The summed E-state index contributed by atoms with van der Waals surface area (Å²) in [5.74, 6) is 0. The minimum Gasteiger partial charge on any atom is -1.00 e. The zero-order chi connectivity index (χ0) is 4.41. The summed E-state index contributed by atoms with van der Waals surface area (Å²) in [6.45, 7) is 0. The predicted octanol–water partition coefficient (Wildman–Crippen LogP) is -1.02. The van der Waals surface area contributed by atoms with Crippen LogP contribution in [-0.2, 0) is 0 Å². The minimum atomic E-state index is 0. The van der Waals surface area contributed by atoms with Crippen LogP contribution in [-0.4, -0.2) is 5.25 Å². The molecule has 0 saturated heterocycles. The van der Waals surface area contributed by atoms with Crippen LogP contribution in [0.15, 0.2) is 0 Å². The van der Waals surface area contributed by atoms with E-state index in [4.69, 9.17) is 0 Å². The number of rotatable bonds is 0. The van der Waals surface area contributed by atoms with E-state index in [1.54, 1.807) is 0 Å². The molecule has 0 N–H and O–H groups in total. The predicted molar refractivity (Wildman–Crippen MR) is 32.4 cm³/mol. The molecule has 2 heteroatoms. The molecule has 1 rings (SSSR count). The molecular formula is C5H11KS. The van der Waals surface area contributed by atoms with Crippen LogP contribution in [0.1, 0.15) is 27.1 Å². The molecule has 0 spiro atoms. The van der Waals surface area contributed by atoms with Crippen LogP contribution in [0, 0.1) is 0 Å². The molecule has 1 aliphatic rings. The van der Waals surface area contributed by atoms with Gasteiger partial charge in [-0.05, 0) is 12.8 Å². The average molecular weight is 142 g/mol. The molecule has 0 unspecified atom stereocenters. The molecule has 0 heterocycles. The Kier molecular flexibility index (Phi) is 6.20. The van der Waals surface area contributed by atoms with Crippen molar-refractivity contribution in [2.24, 2.45) is 0 Å². The summed E-state index contributed by atoms with van der Waals surface area (Å²) in [6.07, 6.45) is 5.52. The summed E-state index contributed by atoms with van der Waals surface area (Å²) >= 11 is 4.29. The van der Waals surface area contributed by atoms with E-state index >= 15 is 0 Å². The zero-order valence-corrected chi connectivity index (χ0v) is 8.87. The molecule has 0 aromatic rings. The van der Waals surface area contributed by atoms with Crippen molar-refractivity contribution in [3.05, 3.63) is 0 Å². The molecule has 7 heavy (non-hydrogen) atoms. The fourth-order valence-electron chi connectivity index (χ4n) is 0.904. The molecule has 1 fully saturated rings. The van der Waals surface area contributed by atoms with Crippen molar-refractivity contribution < 1.29 is 52.8 Å². The van der Waals surface area contributed by atoms with Crippen LogP contribution in [0.5, 0.6) is 0 Å². The van der Waals surface area contributed by atoms with E-state index in [1.165, 1.54) is 25.7 Å². The molecule has 0 aliphatic heterocycles. The van der Waals surface area contributed by atoms with E-state index in [2.05, 4.69) is 12.6 Å². The Labute approximate surface area is 94.8 Å². The van der Waals surface area contributed by atoms with Gasteiger partial charge in [-0.2, -0.15) is 12.6 Å². The first-order chi connectivity index (χ1) is 2.89. The van der Waals surface area contributed by atoms with Crippen molar-refractivity contribution in [2.45, 2.75) is 30.9 Å². The van der Waals surface area contributed by atoms with Crippen LogP contribution >= 0.6 is 12.6 Å². The Morgan fingerprint density at radius 2 is 1.71 bits per heavy atom. The number of thiol groups is 1. The van der Waals surface area contributed by atoms with Gasteiger partial charge in [0.1, 0.15) is 0 Å². The maximum Gasteiger partial charge on any atom is 1.00 e. The van der Waals surface area contributed by atoms with E-state index in [1.807, 2.05) is 0 Å². The van der Waals surface area contributed by atoms with Crippen molar-refractivity contribution in [2.75, 3.05) is 0 Å². The van der Waals surface area contributed by atoms with Gasteiger partial charge in [0.05, 0.1) is 0 Å². The first kappa shape index (κ1) is 8.99. The van der Waals surface area contributed by atoms with Gasteiger partial charge in [0.2, 0.25) is 0 Å². The third-order valence-electron chi connectivity index (χ3n) is 1.32. The second-order valence-electron chi connectivity index (χ2n) is 1.94. The summed E-state index contributed by atoms with van der Waals surface area (Å²) < 4.78 is 0. The zero-order valence-electron chi connectivity index (χ0n) is 5.85. The summed E-state index contributed by atoms with van der Waals surface area (Å²) in [5.41, 5.74) is 0. The fourth-order valence-corrected chi connectivity index (χ4v) is 1.27. The van der Waals surface area contributed by atoms with Crippen molar-refractivity contribution in [3.8, 4) is 0 Å². The Morgan fingerprint density at radius 3 is 1.86 bits per heavy atom. The summed E-state index contributed by atoms with van der Waals surface area (Å²) in [5, 5.41) is 0.741. The normalized spacial score (nSPS) is 21.9. The molecule has 1 saturated carbocycles. The summed E-state index contributed by atoms with van der Waals surface area (Å²) in [6, 6.07) is 0. The number of hydrogen-bond donors (Lipinski definition) is 1. The third kappa shape index (κ3) is 3.54. The van der Waals surface area contributed by atoms with Gasteiger partial charge in [-0.1, -0.05) is 12.8 Å². The molecule has 0 nitrogen and oxygen atoms in total. The third-order valence-corrected chi connectivity index (χ3v) is 1.84. The standard InChI is InChI=1S/C5H10S.K.H/c6-5-3-1-2-4-5;;/h5-6H,1-4H2;;/q;+1;-1. The molecule has 0 bridgehead atoms. The number of hydrogen-bond acceptors (Lipinski definition) is 1. The van der Waals surface area contributed by atoms with Crippen molar-refractivity contribution in [3.63, 3.8) is 0 Å². The first-order valence-electron chi connectivity index (χ1n) is 2.57. The smallest absolute Gasteiger partial charge is 1.00 e. The SMILES string of the molecule is SC1CCCC1.[H-].[K+]. The van der Waals surface area contributed by atoms with E-state index in [0.717, 1.165) is 5.25 Å². The molecule has 0 atom stereocenters. The van der Waals surface area contributed by atoms with Crippen LogP contribution in [0.4, 0.5) is 0 Å². The molecule has 0 radical (unpaired) electrons. The maximum absolute atomic E-state index is 4.29. The van der Waals surface area contributed by atoms with E-state index in [0.29, 0.717) is 0 Å². The maximum atomic E-state index is 4.29. The Bertz CT molecular complexity index is 45.7.